The number of carbonyl (C=O) groups excluding carboxylic acids is 1. The highest BCUT2D eigenvalue weighted by atomic mass is 35.5. The van der Waals surface area contributed by atoms with Gasteiger partial charge in [0.2, 0.25) is 5.91 Å². The zero-order valence-electron chi connectivity index (χ0n) is 13.6. The summed E-state index contributed by atoms with van der Waals surface area (Å²) >= 11 is 7.18. The minimum atomic E-state index is -0.460. The molecule has 4 rings (SSSR count). The number of hydrogen-bond acceptors (Lipinski definition) is 5. The van der Waals surface area contributed by atoms with Crippen molar-refractivity contribution in [2.75, 3.05) is 0 Å². The molecule has 1 fully saturated rings. The zero-order valence-corrected chi connectivity index (χ0v) is 15.2. The van der Waals surface area contributed by atoms with Crippen molar-refractivity contribution in [1.29, 1.82) is 0 Å². The first-order valence-electron chi connectivity index (χ1n) is 8.16. The number of hydrogen-bond donors (Lipinski definition) is 1. The molecule has 1 N–H and O–H groups in total. The number of aromatic nitrogens is 3. The summed E-state index contributed by atoms with van der Waals surface area (Å²) in [4.78, 5) is 37.6. The van der Waals surface area contributed by atoms with E-state index in [2.05, 4.69) is 9.69 Å². The maximum Gasteiger partial charge on any atom is 0.332 e. The standard InChI is InChI=1S/C17H15ClN4O3S/c18-12-4-2-1-3-10(12)7-19-14(23)8-21-13-9-26-20-15(13)16(24)22(17(21)25)11-5-6-11/h1-4,9,11H,5-8H2,(H,19,23). The van der Waals surface area contributed by atoms with E-state index in [0.29, 0.717) is 10.5 Å². The van der Waals surface area contributed by atoms with Crippen LogP contribution in [0.15, 0.2) is 39.2 Å². The molecule has 0 aliphatic heterocycles. The average molecular weight is 391 g/mol. The van der Waals surface area contributed by atoms with E-state index >= 15 is 0 Å². The van der Waals surface area contributed by atoms with Crippen molar-refractivity contribution in [3.63, 3.8) is 0 Å². The third-order valence-electron chi connectivity index (χ3n) is 4.35. The van der Waals surface area contributed by atoms with Crippen LogP contribution in [0.2, 0.25) is 5.02 Å². The van der Waals surface area contributed by atoms with Gasteiger partial charge < -0.3 is 5.32 Å². The van der Waals surface area contributed by atoms with E-state index in [1.165, 1.54) is 9.13 Å². The fraction of sp³-hybridized carbons (Fsp3) is 0.294. The number of fused-ring (bicyclic) bond motifs is 1. The van der Waals surface area contributed by atoms with Crippen molar-refractivity contribution in [2.45, 2.75) is 32.0 Å². The summed E-state index contributed by atoms with van der Waals surface area (Å²) in [5.74, 6) is -0.333. The lowest BCUT2D eigenvalue weighted by Crippen LogP contribution is -2.42. The molecule has 2 aromatic heterocycles. The molecule has 0 spiro atoms. The summed E-state index contributed by atoms with van der Waals surface area (Å²) in [5, 5.41) is 4.95. The van der Waals surface area contributed by atoms with Gasteiger partial charge in [0, 0.05) is 23.0 Å². The molecule has 26 heavy (non-hydrogen) atoms. The topological polar surface area (TPSA) is 86.0 Å². The van der Waals surface area contributed by atoms with Gasteiger partial charge >= 0.3 is 5.69 Å². The number of carbonyl (C=O) groups is 1. The molecule has 0 atom stereocenters. The Morgan fingerprint density at radius 1 is 1.31 bits per heavy atom. The summed E-state index contributed by atoms with van der Waals surface area (Å²) in [6.07, 6.45) is 1.59. The Hall–Kier alpha value is -2.45. The molecule has 0 bridgehead atoms. The van der Waals surface area contributed by atoms with Crippen molar-refractivity contribution in [1.82, 2.24) is 18.8 Å². The van der Waals surface area contributed by atoms with Crippen LogP contribution in [0.4, 0.5) is 0 Å². The van der Waals surface area contributed by atoms with E-state index in [1.807, 2.05) is 18.2 Å². The summed E-state index contributed by atoms with van der Waals surface area (Å²) in [6, 6.07) is 7.14. The van der Waals surface area contributed by atoms with E-state index in [0.717, 1.165) is 29.9 Å². The normalized spacial score (nSPS) is 13.9. The third-order valence-corrected chi connectivity index (χ3v) is 5.33. The monoisotopic (exact) mass is 390 g/mol. The van der Waals surface area contributed by atoms with E-state index in [4.69, 9.17) is 11.6 Å². The second-order valence-electron chi connectivity index (χ2n) is 6.19. The lowest BCUT2D eigenvalue weighted by molar-refractivity contribution is -0.121. The molecule has 7 nitrogen and oxygen atoms in total. The highest BCUT2D eigenvalue weighted by Crippen LogP contribution is 2.32. The van der Waals surface area contributed by atoms with Crippen molar-refractivity contribution in [2.24, 2.45) is 0 Å². The van der Waals surface area contributed by atoms with Gasteiger partial charge in [0.15, 0.2) is 5.52 Å². The van der Waals surface area contributed by atoms with Crippen LogP contribution in [-0.4, -0.2) is 19.4 Å². The fourth-order valence-electron chi connectivity index (χ4n) is 2.85. The van der Waals surface area contributed by atoms with E-state index in [9.17, 15) is 14.4 Å². The van der Waals surface area contributed by atoms with Gasteiger partial charge in [-0.1, -0.05) is 29.8 Å². The van der Waals surface area contributed by atoms with Crippen LogP contribution in [0.3, 0.4) is 0 Å². The number of amides is 1. The van der Waals surface area contributed by atoms with Crippen molar-refractivity contribution in [3.05, 3.63) is 61.1 Å². The quantitative estimate of drug-likeness (QED) is 0.721. The molecular weight excluding hydrogens is 376 g/mol. The summed E-state index contributed by atoms with van der Waals surface area (Å²) in [5.41, 5.74) is 0.593. The minimum absolute atomic E-state index is 0.0847. The Bertz CT molecular complexity index is 1110. The molecule has 1 aliphatic carbocycles. The van der Waals surface area contributed by atoms with E-state index in [-0.39, 0.29) is 36.1 Å². The summed E-state index contributed by atoms with van der Waals surface area (Å²) in [6.45, 7) is 0.0890. The Morgan fingerprint density at radius 2 is 2.08 bits per heavy atom. The summed E-state index contributed by atoms with van der Waals surface area (Å²) < 4.78 is 6.65. The predicted molar refractivity (Wildman–Crippen MR) is 99.7 cm³/mol. The van der Waals surface area contributed by atoms with Gasteiger partial charge in [0.25, 0.3) is 5.56 Å². The zero-order chi connectivity index (χ0) is 18.3. The molecule has 134 valence electrons. The lowest BCUT2D eigenvalue weighted by atomic mass is 10.2. The van der Waals surface area contributed by atoms with E-state index < -0.39 is 5.69 Å². The molecule has 3 aromatic rings. The maximum atomic E-state index is 12.7. The average Bonchev–Trinajstić information content (AvgIpc) is 3.33. The molecule has 1 saturated carbocycles. The van der Waals surface area contributed by atoms with Crippen LogP contribution in [0.25, 0.3) is 11.0 Å². The highest BCUT2D eigenvalue weighted by Gasteiger charge is 2.29. The molecule has 9 heteroatoms. The fourth-order valence-corrected chi connectivity index (χ4v) is 3.72. The Morgan fingerprint density at radius 3 is 2.81 bits per heavy atom. The Labute approximate surface area is 157 Å². The number of nitrogens with zero attached hydrogens (tertiary/aromatic N) is 3. The number of halogens is 1. The lowest BCUT2D eigenvalue weighted by Gasteiger charge is -2.12. The van der Waals surface area contributed by atoms with Crippen LogP contribution in [0.1, 0.15) is 24.4 Å². The first-order chi connectivity index (χ1) is 12.6. The van der Waals surface area contributed by atoms with E-state index in [1.54, 1.807) is 11.4 Å². The summed E-state index contributed by atoms with van der Waals surface area (Å²) in [7, 11) is 0. The van der Waals surface area contributed by atoms with Gasteiger partial charge in [-0.05, 0) is 36.0 Å². The van der Waals surface area contributed by atoms with Crippen molar-refractivity contribution in [3.8, 4) is 0 Å². The molecule has 0 unspecified atom stereocenters. The third kappa shape index (κ3) is 3.06. The smallest absolute Gasteiger partial charge is 0.332 e. The largest absolute Gasteiger partial charge is 0.350 e. The second kappa shape index (κ2) is 6.69. The predicted octanol–water partition coefficient (Wildman–Crippen LogP) is 1.92. The van der Waals surface area contributed by atoms with Crippen LogP contribution < -0.4 is 16.6 Å². The van der Waals surface area contributed by atoms with Crippen LogP contribution in [0, 0.1) is 0 Å². The maximum absolute atomic E-state index is 12.7. The first kappa shape index (κ1) is 17.0. The number of benzene rings is 1. The number of nitrogens with one attached hydrogen (secondary N) is 1. The molecular formula is C17H15ClN4O3S. The molecule has 0 radical (unpaired) electrons. The highest BCUT2D eigenvalue weighted by molar-refractivity contribution is 7.04. The van der Waals surface area contributed by atoms with Crippen LogP contribution in [-0.2, 0) is 17.9 Å². The number of rotatable bonds is 5. The van der Waals surface area contributed by atoms with Gasteiger partial charge in [-0.25, -0.2) is 4.79 Å². The van der Waals surface area contributed by atoms with Gasteiger partial charge in [0.1, 0.15) is 6.54 Å². The van der Waals surface area contributed by atoms with Gasteiger partial charge in [-0.3, -0.25) is 18.7 Å². The SMILES string of the molecule is O=C(Cn1c(=O)n(C2CC2)c(=O)c2nscc21)NCc1ccccc1Cl. The molecule has 1 aromatic carbocycles. The molecule has 1 amide bonds. The molecule has 0 saturated heterocycles. The van der Waals surface area contributed by atoms with Crippen molar-refractivity contribution >= 4 is 40.1 Å². The molecule has 2 heterocycles. The molecule has 1 aliphatic rings. The van der Waals surface area contributed by atoms with Crippen LogP contribution >= 0.6 is 23.1 Å². The van der Waals surface area contributed by atoms with Crippen LogP contribution in [0.5, 0.6) is 0 Å². The minimum Gasteiger partial charge on any atom is -0.350 e. The Kier molecular flexibility index (Phi) is 4.37. The van der Waals surface area contributed by atoms with Gasteiger partial charge in [0.05, 0.1) is 5.52 Å². The van der Waals surface area contributed by atoms with Gasteiger partial charge in [-0.2, -0.15) is 4.37 Å². The second-order valence-corrected chi connectivity index (χ2v) is 7.23. The van der Waals surface area contributed by atoms with Crippen molar-refractivity contribution < 1.29 is 4.79 Å². The van der Waals surface area contributed by atoms with Gasteiger partial charge in [-0.15, -0.1) is 0 Å². The Balaban J connectivity index is 1.62. The first-order valence-corrected chi connectivity index (χ1v) is 9.37.